The van der Waals surface area contributed by atoms with Crippen molar-refractivity contribution in [2.75, 3.05) is 0 Å². The number of rotatable bonds is 5. The van der Waals surface area contributed by atoms with Crippen molar-refractivity contribution in [2.24, 2.45) is 0 Å². The summed E-state index contributed by atoms with van der Waals surface area (Å²) in [6.45, 7) is 0. The van der Waals surface area contributed by atoms with Crippen LogP contribution in [-0.2, 0) is 0 Å². The van der Waals surface area contributed by atoms with Gasteiger partial charge in [0.1, 0.15) is 11.8 Å². The van der Waals surface area contributed by atoms with Crippen LogP contribution in [0, 0.1) is 0 Å². The van der Waals surface area contributed by atoms with Crippen molar-refractivity contribution < 1.29 is 9.21 Å². The Labute approximate surface area is 155 Å². The maximum absolute atomic E-state index is 12.7. The number of benzene rings is 1. The molecule has 0 saturated carbocycles. The Morgan fingerprint density at radius 3 is 2.33 bits per heavy atom. The molecule has 1 atom stereocenters. The Hall–Kier alpha value is -3.80. The highest BCUT2D eigenvalue weighted by Crippen LogP contribution is 2.23. The van der Waals surface area contributed by atoms with Crippen molar-refractivity contribution >= 4 is 5.91 Å². The summed E-state index contributed by atoms with van der Waals surface area (Å²) in [5.41, 5.74) is 2.14. The molecular weight excluding hydrogens is 340 g/mol. The SMILES string of the molecule is O=C(NC(c1ccccc1)c1ccco1)c1cnc(-c2ccncc2)nc1. The zero-order valence-corrected chi connectivity index (χ0v) is 14.3. The zero-order chi connectivity index (χ0) is 18.5. The molecule has 0 fully saturated rings. The van der Waals surface area contributed by atoms with Gasteiger partial charge in [-0.05, 0) is 29.8 Å². The van der Waals surface area contributed by atoms with Crippen molar-refractivity contribution in [3.8, 4) is 11.4 Å². The Bertz CT molecular complexity index is 1000. The first-order valence-electron chi connectivity index (χ1n) is 8.43. The molecule has 3 heterocycles. The molecule has 132 valence electrons. The van der Waals surface area contributed by atoms with E-state index in [1.165, 1.54) is 12.4 Å². The van der Waals surface area contributed by atoms with Gasteiger partial charge in [0.2, 0.25) is 0 Å². The minimum absolute atomic E-state index is 0.276. The quantitative estimate of drug-likeness (QED) is 0.590. The zero-order valence-electron chi connectivity index (χ0n) is 14.3. The number of nitrogens with zero attached hydrogens (tertiary/aromatic N) is 3. The molecule has 0 bridgehead atoms. The van der Waals surface area contributed by atoms with Crippen molar-refractivity contribution in [3.05, 3.63) is 103 Å². The van der Waals surface area contributed by atoms with Crippen molar-refractivity contribution in [2.45, 2.75) is 6.04 Å². The number of hydrogen-bond acceptors (Lipinski definition) is 5. The Balaban J connectivity index is 1.56. The number of carbonyl (C=O) groups is 1. The van der Waals surface area contributed by atoms with Gasteiger partial charge in [-0.15, -0.1) is 0 Å². The molecule has 6 nitrogen and oxygen atoms in total. The van der Waals surface area contributed by atoms with Crippen molar-refractivity contribution in [1.29, 1.82) is 0 Å². The number of amides is 1. The van der Waals surface area contributed by atoms with E-state index in [0.29, 0.717) is 17.1 Å². The van der Waals surface area contributed by atoms with Gasteiger partial charge < -0.3 is 9.73 Å². The number of aromatic nitrogens is 3. The van der Waals surface area contributed by atoms with Crippen LogP contribution in [0.25, 0.3) is 11.4 Å². The van der Waals surface area contributed by atoms with Gasteiger partial charge in [0.15, 0.2) is 5.82 Å². The van der Waals surface area contributed by atoms with Crippen LogP contribution >= 0.6 is 0 Å². The molecule has 4 aromatic rings. The van der Waals surface area contributed by atoms with Crippen LogP contribution in [0.1, 0.15) is 27.7 Å². The maximum atomic E-state index is 12.7. The summed E-state index contributed by atoms with van der Waals surface area (Å²) in [4.78, 5) is 25.3. The summed E-state index contributed by atoms with van der Waals surface area (Å²) in [6, 6.07) is 16.5. The Kier molecular flexibility index (Phi) is 4.70. The van der Waals surface area contributed by atoms with Gasteiger partial charge in [-0.25, -0.2) is 9.97 Å². The van der Waals surface area contributed by atoms with Crippen LogP contribution in [0.5, 0.6) is 0 Å². The van der Waals surface area contributed by atoms with Crippen LogP contribution < -0.4 is 5.32 Å². The summed E-state index contributed by atoms with van der Waals surface area (Å²) in [5, 5.41) is 2.99. The molecule has 0 aliphatic carbocycles. The Morgan fingerprint density at radius 2 is 1.67 bits per heavy atom. The topological polar surface area (TPSA) is 80.9 Å². The van der Waals surface area contributed by atoms with E-state index < -0.39 is 6.04 Å². The lowest BCUT2D eigenvalue weighted by atomic mass is 10.0. The van der Waals surface area contributed by atoms with Crippen LogP contribution in [-0.4, -0.2) is 20.9 Å². The minimum atomic E-state index is -0.395. The second-order valence-corrected chi connectivity index (χ2v) is 5.86. The fourth-order valence-corrected chi connectivity index (χ4v) is 2.73. The molecule has 27 heavy (non-hydrogen) atoms. The second-order valence-electron chi connectivity index (χ2n) is 5.86. The third-order valence-electron chi connectivity index (χ3n) is 4.09. The molecule has 4 rings (SSSR count). The standard InChI is InChI=1S/C21H16N4O2/c26-21(17-13-23-20(24-14-17)16-8-10-22-11-9-16)25-19(18-7-4-12-27-18)15-5-2-1-3-6-15/h1-14,19H,(H,25,26). The number of nitrogens with one attached hydrogen (secondary N) is 1. The van der Waals surface area contributed by atoms with Crippen LogP contribution in [0.15, 0.2) is 90.1 Å². The molecule has 1 unspecified atom stereocenters. The molecule has 0 radical (unpaired) electrons. The number of carbonyl (C=O) groups excluding carboxylic acids is 1. The van der Waals surface area contributed by atoms with Gasteiger partial charge in [-0.1, -0.05) is 30.3 Å². The average Bonchev–Trinajstić information content (AvgIpc) is 3.28. The van der Waals surface area contributed by atoms with Gasteiger partial charge in [-0.3, -0.25) is 9.78 Å². The predicted octanol–water partition coefficient (Wildman–Crippen LogP) is 3.65. The first-order valence-corrected chi connectivity index (χ1v) is 8.43. The van der Waals surface area contributed by atoms with Crippen LogP contribution in [0.4, 0.5) is 0 Å². The van der Waals surface area contributed by atoms with E-state index in [-0.39, 0.29) is 5.91 Å². The van der Waals surface area contributed by atoms with E-state index in [1.54, 1.807) is 24.7 Å². The molecule has 1 aromatic carbocycles. The summed E-state index contributed by atoms with van der Waals surface area (Å²) in [7, 11) is 0. The van der Waals surface area contributed by atoms with Gasteiger partial charge >= 0.3 is 0 Å². The number of hydrogen-bond donors (Lipinski definition) is 1. The fourth-order valence-electron chi connectivity index (χ4n) is 2.73. The average molecular weight is 356 g/mol. The third-order valence-corrected chi connectivity index (χ3v) is 4.09. The molecule has 0 saturated heterocycles. The van der Waals surface area contributed by atoms with Gasteiger partial charge in [0.05, 0.1) is 11.8 Å². The smallest absolute Gasteiger partial charge is 0.255 e. The molecular formula is C21H16N4O2. The lowest BCUT2D eigenvalue weighted by molar-refractivity contribution is 0.0938. The lowest BCUT2D eigenvalue weighted by Gasteiger charge is -2.17. The monoisotopic (exact) mass is 356 g/mol. The van der Waals surface area contributed by atoms with E-state index in [1.807, 2.05) is 48.5 Å². The van der Waals surface area contributed by atoms with Crippen LogP contribution in [0.3, 0.4) is 0 Å². The highest BCUT2D eigenvalue weighted by molar-refractivity contribution is 5.94. The number of furan rings is 1. The highest BCUT2D eigenvalue weighted by Gasteiger charge is 2.20. The molecule has 1 amide bonds. The van der Waals surface area contributed by atoms with E-state index in [4.69, 9.17) is 4.42 Å². The van der Waals surface area contributed by atoms with Gasteiger partial charge in [0.25, 0.3) is 5.91 Å². The predicted molar refractivity (Wildman–Crippen MR) is 99.7 cm³/mol. The maximum Gasteiger partial charge on any atom is 0.255 e. The Morgan fingerprint density at radius 1 is 0.926 bits per heavy atom. The van der Waals surface area contributed by atoms with E-state index in [0.717, 1.165) is 11.1 Å². The van der Waals surface area contributed by atoms with E-state index in [9.17, 15) is 4.79 Å². The molecule has 6 heteroatoms. The molecule has 0 aliphatic rings. The van der Waals surface area contributed by atoms with E-state index >= 15 is 0 Å². The first-order chi connectivity index (χ1) is 13.3. The summed E-state index contributed by atoms with van der Waals surface area (Å²) < 4.78 is 5.51. The third kappa shape index (κ3) is 3.74. The first kappa shape index (κ1) is 16.7. The summed E-state index contributed by atoms with van der Waals surface area (Å²) in [5.74, 6) is 0.921. The van der Waals surface area contributed by atoms with Crippen molar-refractivity contribution in [3.63, 3.8) is 0 Å². The number of pyridine rings is 1. The minimum Gasteiger partial charge on any atom is -0.467 e. The van der Waals surface area contributed by atoms with Crippen LogP contribution in [0.2, 0.25) is 0 Å². The van der Waals surface area contributed by atoms with Crippen molar-refractivity contribution in [1.82, 2.24) is 20.3 Å². The fraction of sp³-hybridized carbons (Fsp3) is 0.0476. The second kappa shape index (κ2) is 7.61. The lowest BCUT2D eigenvalue weighted by Crippen LogP contribution is -2.29. The molecule has 0 aliphatic heterocycles. The summed E-state index contributed by atoms with van der Waals surface area (Å²) in [6.07, 6.45) is 7.97. The largest absolute Gasteiger partial charge is 0.467 e. The highest BCUT2D eigenvalue weighted by atomic mass is 16.3. The molecule has 0 spiro atoms. The van der Waals surface area contributed by atoms with Gasteiger partial charge in [0, 0.05) is 30.4 Å². The van der Waals surface area contributed by atoms with E-state index in [2.05, 4.69) is 20.3 Å². The van der Waals surface area contributed by atoms with Gasteiger partial charge in [-0.2, -0.15) is 0 Å². The summed E-state index contributed by atoms with van der Waals surface area (Å²) >= 11 is 0. The normalized spacial score (nSPS) is 11.7. The molecule has 1 N–H and O–H groups in total. The molecule has 3 aromatic heterocycles.